The molecule has 0 aromatic heterocycles. The van der Waals surface area contributed by atoms with Crippen LogP contribution in [0.25, 0.3) is 6.08 Å². The van der Waals surface area contributed by atoms with E-state index in [-0.39, 0.29) is 11.7 Å². The van der Waals surface area contributed by atoms with Crippen LogP contribution in [0.5, 0.6) is 5.75 Å². The van der Waals surface area contributed by atoms with Crippen LogP contribution in [-0.2, 0) is 11.4 Å². The maximum atomic E-state index is 12.5. The molecule has 1 aliphatic heterocycles. The number of benzene rings is 3. The topological polar surface area (TPSA) is 55.4 Å². The maximum Gasteiger partial charge on any atom is 0.263 e. The Morgan fingerprint density at radius 1 is 0.933 bits per heavy atom. The zero-order valence-electron chi connectivity index (χ0n) is 15.8. The molecule has 6 heteroatoms. The Morgan fingerprint density at radius 2 is 1.60 bits per heavy atom. The SMILES string of the molecule is O=C1NC(=S)SC1=Cc1ccc(OCc2ccc(C(=O)c3ccccc3)cc2)cc1. The number of thioether (sulfide) groups is 1. The molecule has 1 saturated heterocycles. The number of amides is 1. The van der Waals surface area contributed by atoms with Crippen LogP contribution in [-0.4, -0.2) is 16.0 Å². The molecule has 148 valence electrons. The van der Waals surface area contributed by atoms with Crippen molar-refractivity contribution in [2.45, 2.75) is 6.61 Å². The predicted octanol–water partition coefficient (Wildman–Crippen LogP) is 4.99. The van der Waals surface area contributed by atoms with Gasteiger partial charge in [-0.2, -0.15) is 0 Å². The van der Waals surface area contributed by atoms with Gasteiger partial charge in [0, 0.05) is 11.1 Å². The second-order valence-corrected chi connectivity index (χ2v) is 8.32. The lowest BCUT2D eigenvalue weighted by Gasteiger charge is -2.08. The molecule has 3 aromatic rings. The van der Waals surface area contributed by atoms with Crippen molar-refractivity contribution < 1.29 is 14.3 Å². The van der Waals surface area contributed by atoms with Crippen molar-refractivity contribution in [1.82, 2.24) is 5.32 Å². The molecule has 0 spiro atoms. The van der Waals surface area contributed by atoms with E-state index in [1.807, 2.05) is 78.9 Å². The first-order valence-corrected chi connectivity index (χ1v) is 10.5. The fraction of sp³-hybridized carbons (Fsp3) is 0.0417. The van der Waals surface area contributed by atoms with Crippen molar-refractivity contribution >= 4 is 46.1 Å². The number of hydrogen-bond acceptors (Lipinski definition) is 5. The van der Waals surface area contributed by atoms with Crippen LogP contribution in [0.1, 0.15) is 27.0 Å². The van der Waals surface area contributed by atoms with E-state index in [4.69, 9.17) is 17.0 Å². The van der Waals surface area contributed by atoms with Crippen LogP contribution in [0.2, 0.25) is 0 Å². The highest BCUT2D eigenvalue weighted by Gasteiger charge is 2.21. The minimum Gasteiger partial charge on any atom is -0.489 e. The third-order valence-electron chi connectivity index (χ3n) is 4.48. The summed E-state index contributed by atoms with van der Waals surface area (Å²) in [6.07, 6.45) is 1.80. The smallest absolute Gasteiger partial charge is 0.263 e. The summed E-state index contributed by atoms with van der Waals surface area (Å²) in [5.41, 5.74) is 3.19. The molecular formula is C24H17NO3S2. The Balaban J connectivity index is 1.36. The molecule has 0 atom stereocenters. The molecule has 1 N–H and O–H groups in total. The Morgan fingerprint density at radius 3 is 2.23 bits per heavy atom. The van der Waals surface area contributed by atoms with Crippen LogP contribution in [0, 0.1) is 0 Å². The number of carbonyl (C=O) groups is 2. The van der Waals surface area contributed by atoms with Crippen LogP contribution < -0.4 is 10.1 Å². The lowest BCUT2D eigenvalue weighted by atomic mass is 10.0. The largest absolute Gasteiger partial charge is 0.489 e. The molecule has 0 saturated carbocycles. The van der Waals surface area contributed by atoms with Gasteiger partial charge in [-0.25, -0.2) is 0 Å². The molecule has 0 bridgehead atoms. The van der Waals surface area contributed by atoms with Gasteiger partial charge in [0.1, 0.15) is 16.7 Å². The maximum absolute atomic E-state index is 12.5. The van der Waals surface area contributed by atoms with Crippen molar-refractivity contribution in [2.24, 2.45) is 0 Å². The second kappa shape index (κ2) is 9.07. The third-order valence-corrected chi connectivity index (χ3v) is 5.64. The second-order valence-electron chi connectivity index (χ2n) is 6.60. The summed E-state index contributed by atoms with van der Waals surface area (Å²) in [7, 11) is 0. The van der Waals surface area contributed by atoms with E-state index in [2.05, 4.69) is 5.32 Å². The van der Waals surface area contributed by atoms with Crippen molar-refractivity contribution in [3.8, 4) is 5.75 Å². The number of ether oxygens (including phenoxy) is 1. The molecule has 4 rings (SSSR count). The molecule has 1 heterocycles. The summed E-state index contributed by atoms with van der Waals surface area (Å²) in [5, 5.41) is 2.60. The number of ketones is 1. The molecule has 30 heavy (non-hydrogen) atoms. The molecule has 1 fully saturated rings. The molecule has 0 aliphatic carbocycles. The highest BCUT2D eigenvalue weighted by atomic mass is 32.2. The van der Waals surface area contributed by atoms with Crippen LogP contribution in [0.4, 0.5) is 0 Å². The van der Waals surface area contributed by atoms with E-state index < -0.39 is 0 Å². The number of carbonyl (C=O) groups excluding carboxylic acids is 2. The molecule has 4 nitrogen and oxygen atoms in total. The van der Waals surface area contributed by atoms with Gasteiger partial charge >= 0.3 is 0 Å². The summed E-state index contributed by atoms with van der Waals surface area (Å²) in [5.74, 6) is 0.558. The molecule has 1 aliphatic rings. The molecule has 0 radical (unpaired) electrons. The molecule has 0 unspecified atom stereocenters. The molecule has 1 amide bonds. The number of hydrogen-bond donors (Lipinski definition) is 1. The van der Waals surface area contributed by atoms with Gasteiger partial charge in [0.05, 0.1) is 4.91 Å². The summed E-state index contributed by atoms with van der Waals surface area (Å²) in [4.78, 5) is 24.8. The minimum atomic E-state index is -0.167. The highest BCUT2D eigenvalue weighted by molar-refractivity contribution is 8.26. The van der Waals surface area contributed by atoms with Crippen LogP contribution in [0.15, 0.2) is 83.8 Å². The van der Waals surface area contributed by atoms with E-state index in [0.29, 0.717) is 27.0 Å². The Bertz CT molecular complexity index is 1120. The van der Waals surface area contributed by atoms with Gasteiger partial charge in [-0.15, -0.1) is 0 Å². The summed E-state index contributed by atoms with van der Waals surface area (Å²) in [6.45, 7) is 0.396. The highest BCUT2D eigenvalue weighted by Crippen LogP contribution is 2.26. The van der Waals surface area contributed by atoms with E-state index in [9.17, 15) is 9.59 Å². The first-order chi connectivity index (χ1) is 14.6. The van der Waals surface area contributed by atoms with Crippen LogP contribution in [0.3, 0.4) is 0 Å². The zero-order valence-corrected chi connectivity index (χ0v) is 17.5. The number of thiocarbonyl (C=S) groups is 1. The molecular weight excluding hydrogens is 414 g/mol. The van der Waals surface area contributed by atoms with E-state index in [1.165, 1.54) is 11.8 Å². The Labute approximate surface area is 184 Å². The number of rotatable bonds is 6. The fourth-order valence-corrected chi connectivity index (χ4v) is 3.95. The van der Waals surface area contributed by atoms with Crippen molar-refractivity contribution in [3.05, 3.63) is 106 Å². The van der Waals surface area contributed by atoms with Gasteiger partial charge in [-0.1, -0.05) is 90.7 Å². The lowest BCUT2D eigenvalue weighted by Crippen LogP contribution is -2.17. The normalized spacial score (nSPS) is 14.6. The van der Waals surface area contributed by atoms with Gasteiger partial charge < -0.3 is 10.1 Å². The van der Waals surface area contributed by atoms with Crippen LogP contribution >= 0.6 is 24.0 Å². The first-order valence-electron chi connectivity index (χ1n) is 9.25. The lowest BCUT2D eigenvalue weighted by molar-refractivity contribution is -0.115. The Kier molecular flexibility index (Phi) is 6.07. The quantitative estimate of drug-likeness (QED) is 0.339. The van der Waals surface area contributed by atoms with E-state index in [0.717, 1.165) is 16.9 Å². The number of nitrogens with one attached hydrogen (secondary N) is 1. The van der Waals surface area contributed by atoms with Crippen molar-refractivity contribution in [2.75, 3.05) is 0 Å². The average molecular weight is 432 g/mol. The minimum absolute atomic E-state index is 0.00245. The van der Waals surface area contributed by atoms with Gasteiger partial charge in [0.15, 0.2) is 5.78 Å². The Hall–Kier alpha value is -3.22. The van der Waals surface area contributed by atoms with Gasteiger partial charge in [-0.3, -0.25) is 9.59 Å². The third kappa shape index (κ3) is 4.84. The van der Waals surface area contributed by atoms with E-state index in [1.54, 1.807) is 6.08 Å². The van der Waals surface area contributed by atoms with Crippen molar-refractivity contribution in [1.29, 1.82) is 0 Å². The summed E-state index contributed by atoms with van der Waals surface area (Å²) in [6, 6.07) is 24.1. The standard InChI is InChI=1S/C24H17NO3S2/c26-22(18-4-2-1-3-5-18)19-10-6-17(7-11-19)15-28-20-12-8-16(9-13-20)14-21-23(27)25-24(29)30-21/h1-14H,15H2,(H,25,27,29). The molecule has 3 aromatic carbocycles. The summed E-state index contributed by atoms with van der Waals surface area (Å²) >= 11 is 6.25. The van der Waals surface area contributed by atoms with Gasteiger partial charge in [0.25, 0.3) is 5.91 Å². The first kappa shape index (κ1) is 20.1. The monoisotopic (exact) mass is 431 g/mol. The fourth-order valence-electron chi connectivity index (χ4n) is 2.91. The van der Waals surface area contributed by atoms with Gasteiger partial charge in [0.2, 0.25) is 0 Å². The average Bonchev–Trinajstić information content (AvgIpc) is 3.10. The van der Waals surface area contributed by atoms with Gasteiger partial charge in [-0.05, 0) is 29.3 Å². The van der Waals surface area contributed by atoms with Crippen molar-refractivity contribution in [3.63, 3.8) is 0 Å². The predicted molar refractivity (Wildman–Crippen MR) is 123 cm³/mol. The zero-order chi connectivity index (χ0) is 20.9. The van der Waals surface area contributed by atoms with E-state index >= 15 is 0 Å². The summed E-state index contributed by atoms with van der Waals surface area (Å²) < 4.78 is 6.30.